The minimum Gasteiger partial charge on any atom is -0.459 e. The van der Waals surface area contributed by atoms with Gasteiger partial charge in [0.05, 0.1) is 6.26 Å². The molecule has 1 N–H and O–H groups in total. The van der Waals surface area contributed by atoms with E-state index in [0.29, 0.717) is 22.7 Å². The van der Waals surface area contributed by atoms with Crippen molar-refractivity contribution in [2.24, 2.45) is 0 Å². The van der Waals surface area contributed by atoms with E-state index in [9.17, 15) is 9.59 Å². The summed E-state index contributed by atoms with van der Waals surface area (Å²) in [4.78, 5) is 31.1. The SMILES string of the molecule is CN(C)c1ccc([C@H](C(=O)NC2CCCC2)N(C(=O)c2ccco2)c2ccc3c(c2)OCO3)cc1. The van der Waals surface area contributed by atoms with Crippen molar-refractivity contribution in [2.75, 3.05) is 30.7 Å². The summed E-state index contributed by atoms with van der Waals surface area (Å²) in [6.45, 7) is 0.114. The number of fused-ring (bicyclic) bond motifs is 1. The van der Waals surface area contributed by atoms with Crippen LogP contribution in [-0.2, 0) is 4.79 Å². The van der Waals surface area contributed by atoms with Gasteiger partial charge < -0.3 is 24.1 Å². The van der Waals surface area contributed by atoms with Gasteiger partial charge in [0.1, 0.15) is 6.04 Å². The first-order valence-electron chi connectivity index (χ1n) is 11.9. The highest BCUT2D eigenvalue weighted by atomic mass is 16.7. The van der Waals surface area contributed by atoms with Crippen molar-refractivity contribution < 1.29 is 23.5 Å². The van der Waals surface area contributed by atoms with Gasteiger partial charge in [-0.15, -0.1) is 0 Å². The Kier molecular flexibility index (Phi) is 6.35. The van der Waals surface area contributed by atoms with Crippen LogP contribution >= 0.6 is 0 Å². The van der Waals surface area contributed by atoms with E-state index in [-0.39, 0.29) is 24.5 Å². The number of rotatable bonds is 7. The van der Waals surface area contributed by atoms with Crippen molar-refractivity contribution >= 4 is 23.2 Å². The zero-order chi connectivity index (χ0) is 24.4. The molecule has 1 saturated carbocycles. The van der Waals surface area contributed by atoms with Gasteiger partial charge in [0, 0.05) is 37.6 Å². The number of nitrogens with one attached hydrogen (secondary N) is 1. The van der Waals surface area contributed by atoms with Crippen LogP contribution in [0, 0.1) is 0 Å². The van der Waals surface area contributed by atoms with E-state index in [0.717, 1.165) is 31.4 Å². The topological polar surface area (TPSA) is 84.3 Å². The molecule has 2 amide bonds. The Labute approximate surface area is 204 Å². The summed E-state index contributed by atoms with van der Waals surface area (Å²) < 4.78 is 16.5. The number of benzene rings is 2. The lowest BCUT2D eigenvalue weighted by Gasteiger charge is -2.32. The monoisotopic (exact) mass is 475 g/mol. The van der Waals surface area contributed by atoms with Gasteiger partial charge in [0.25, 0.3) is 5.91 Å². The first kappa shape index (κ1) is 22.8. The first-order chi connectivity index (χ1) is 17.0. The molecule has 0 spiro atoms. The van der Waals surface area contributed by atoms with Gasteiger partial charge in [-0.25, -0.2) is 0 Å². The number of anilines is 2. The summed E-state index contributed by atoms with van der Waals surface area (Å²) in [5.74, 6) is 0.620. The molecule has 35 heavy (non-hydrogen) atoms. The lowest BCUT2D eigenvalue weighted by atomic mass is 10.0. The summed E-state index contributed by atoms with van der Waals surface area (Å²) in [6.07, 6.45) is 5.50. The Morgan fingerprint density at radius 1 is 0.943 bits per heavy atom. The molecule has 1 fully saturated rings. The van der Waals surface area contributed by atoms with E-state index in [1.165, 1.54) is 11.2 Å². The second-order valence-corrected chi connectivity index (χ2v) is 9.07. The third kappa shape index (κ3) is 4.69. The van der Waals surface area contributed by atoms with Crippen LogP contribution in [0.2, 0.25) is 0 Å². The minimum atomic E-state index is -0.912. The summed E-state index contributed by atoms with van der Waals surface area (Å²) in [7, 11) is 3.91. The quantitative estimate of drug-likeness (QED) is 0.541. The number of ether oxygens (including phenoxy) is 2. The summed E-state index contributed by atoms with van der Waals surface area (Å²) in [5, 5.41) is 3.19. The molecule has 2 heterocycles. The van der Waals surface area contributed by atoms with Gasteiger partial charge in [-0.1, -0.05) is 25.0 Å². The fourth-order valence-electron chi connectivity index (χ4n) is 4.66. The van der Waals surface area contributed by atoms with Crippen molar-refractivity contribution in [1.29, 1.82) is 0 Å². The fraction of sp³-hybridized carbons (Fsp3) is 0.333. The lowest BCUT2D eigenvalue weighted by Crippen LogP contribution is -2.46. The molecule has 1 aliphatic carbocycles. The Hall–Kier alpha value is -3.94. The van der Waals surface area contributed by atoms with Crippen LogP contribution in [0.1, 0.15) is 47.8 Å². The molecule has 0 bridgehead atoms. The Morgan fingerprint density at radius 3 is 2.34 bits per heavy atom. The molecular weight excluding hydrogens is 446 g/mol. The third-order valence-electron chi connectivity index (χ3n) is 6.52. The smallest absolute Gasteiger partial charge is 0.294 e. The van der Waals surface area contributed by atoms with Crippen LogP contribution < -0.4 is 24.6 Å². The standard InChI is InChI=1S/C27H29N3O5/c1-29(2)20-11-9-18(10-12-20)25(26(31)28-19-6-3-4-7-19)30(27(32)23-8-5-15-33-23)21-13-14-22-24(16-21)35-17-34-22/h5,8-16,19,25H,3-4,6-7,17H2,1-2H3,(H,28,31)/t25-/m1/s1. The van der Waals surface area contributed by atoms with Crippen LogP contribution in [0.15, 0.2) is 65.3 Å². The second kappa shape index (κ2) is 9.74. The van der Waals surface area contributed by atoms with Crippen molar-refractivity contribution in [3.8, 4) is 11.5 Å². The van der Waals surface area contributed by atoms with Crippen LogP contribution in [0.25, 0.3) is 0 Å². The number of furan rings is 1. The number of hydrogen-bond donors (Lipinski definition) is 1. The maximum atomic E-state index is 13.8. The van der Waals surface area contributed by atoms with Crippen LogP contribution in [0.5, 0.6) is 11.5 Å². The predicted molar refractivity (Wildman–Crippen MR) is 132 cm³/mol. The molecule has 1 aliphatic heterocycles. The van der Waals surface area contributed by atoms with Crippen molar-refractivity contribution in [1.82, 2.24) is 5.32 Å². The van der Waals surface area contributed by atoms with E-state index >= 15 is 0 Å². The minimum absolute atomic E-state index is 0.100. The van der Waals surface area contributed by atoms with E-state index in [1.54, 1.807) is 30.3 Å². The summed E-state index contributed by atoms with van der Waals surface area (Å²) in [5.41, 5.74) is 2.21. The predicted octanol–water partition coefficient (Wildman–Crippen LogP) is 4.52. The molecule has 0 radical (unpaired) electrons. The first-order valence-corrected chi connectivity index (χ1v) is 11.9. The Bertz CT molecular complexity index is 1180. The number of carbonyl (C=O) groups excluding carboxylic acids is 2. The maximum absolute atomic E-state index is 13.8. The molecule has 2 aromatic carbocycles. The molecule has 2 aliphatic rings. The highest BCUT2D eigenvalue weighted by Crippen LogP contribution is 2.39. The molecule has 8 nitrogen and oxygen atoms in total. The number of nitrogens with zero attached hydrogens (tertiary/aromatic N) is 2. The van der Waals surface area contributed by atoms with E-state index in [4.69, 9.17) is 13.9 Å². The van der Waals surface area contributed by atoms with Gasteiger partial charge in [0.15, 0.2) is 17.3 Å². The normalized spacial score (nSPS) is 15.6. The maximum Gasteiger partial charge on any atom is 0.294 e. The van der Waals surface area contributed by atoms with Gasteiger partial charge in [-0.05, 0) is 54.8 Å². The average molecular weight is 476 g/mol. The molecule has 8 heteroatoms. The average Bonchev–Trinajstić information content (AvgIpc) is 3.64. The van der Waals surface area contributed by atoms with Gasteiger partial charge >= 0.3 is 0 Å². The van der Waals surface area contributed by atoms with E-state index in [1.807, 2.05) is 43.3 Å². The largest absolute Gasteiger partial charge is 0.459 e. The Morgan fingerprint density at radius 2 is 1.66 bits per heavy atom. The number of hydrogen-bond acceptors (Lipinski definition) is 6. The zero-order valence-electron chi connectivity index (χ0n) is 19.9. The molecule has 1 aromatic heterocycles. The van der Waals surface area contributed by atoms with Crippen LogP contribution in [0.4, 0.5) is 11.4 Å². The molecule has 0 saturated heterocycles. The molecule has 182 valence electrons. The zero-order valence-corrected chi connectivity index (χ0v) is 19.9. The molecule has 1 atom stereocenters. The molecule has 0 unspecified atom stereocenters. The molecule has 3 aromatic rings. The second-order valence-electron chi connectivity index (χ2n) is 9.07. The summed E-state index contributed by atoms with van der Waals surface area (Å²) in [6, 6.07) is 15.4. The van der Waals surface area contributed by atoms with Crippen LogP contribution in [0.3, 0.4) is 0 Å². The number of amides is 2. The van der Waals surface area contributed by atoms with Crippen molar-refractivity contribution in [3.05, 3.63) is 72.2 Å². The third-order valence-corrected chi connectivity index (χ3v) is 6.52. The molecular formula is C27H29N3O5. The summed E-state index contributed by atoms with van der Waals surface area (Å²) >= 11 is 0. The number of carbonyl (C=O) groups is 2. The van der Waals surface area contributed by atoms with Crippen molar-refractivity contribution in [3.63, 3.8) is 0 Å². The lowest BCUT2D eigenvalue weighted by molar-refractivity contribution is -0.123. The molecule has 5 rings (SSSR count). The van der Waals surface area contributed by atoms with Gasteiger partial charge in [-0.3, -0.25) is 14.5 Å². The fourth-order valence-corrected chi connectivity index (χ4v) is 4.66. The Balaban J connectivity index is 1.60. The van der Waals surface area contributed by atoms with Crippen LogP contribution in [-0.4, -0.2) is 38.7 Å². The highest BCUT2D eigenvalue weighted by molar-refractivity contribution is 6.09. The van der Waals surface area contributed by atoms with Gasteiger partial charge in [-0.2, -0.15) is 0 Å². The van der Waals surface area contributed by atoms with Crippen molar-refractivity contribution in [2.45, 2.75) is 37.8 Å². The van der Waals surface area contributed by atoms with Gasteiger partial charge in [0.2, 0.25) is 12.7 Å². The van der Waals surface area contributed by atoms with E-state index in [2.05, 4.69) is 5.32 Å². The van der Waals surface area contributed by atoms with E-state index < -0.39 is 11.9 Å². The highest BCUT2D eigenvalue weighted by Gasteiger charge is 2.36.